The molecule has 0 bridgehead atoms. The molecule has 17 heavy (non-hydrogen) atoms. The van der Waals surface area contributed by atoms with E-state index in [1.165, 1.54) is 20.9 Å². The molecule has 2 aromatic rings. The highest BCUT2D eigenvalue weighted by molar-refractivity contribution is 7.15. The minimum Gasteiger partial charge on any atom is -0.372 e. The van der Waals surface area contributed by atoms with Crippen molar-refractivity contribution in [2.24, 2.45) is 5.73 Å². The van der Waals surface area contributed by atoms with Crippen LogP contribution in [0.3, 0.4) is 0 Å². The highest BCUT2D eigenvalue weighted by Crippen LogP contribution is 2.37. The first-order valence-electron chi connectivity index (χ1n) is 5.73. The molecule has 1 unspecified atom stereocenters. The number of thiophene rings is 1. The van der Waals surface area contributed by atoms with Gasteiger partial charge >= 0.3 is 0 Å². The fourth-order valence-corrected chi connectivity index (χ4v) is 3.35. The van der Waals surface area contributed by atoms with E-state index in [1.807, 2.05) is 35.9 Å². The Morgan fingerprint density at radius 1 is 1.41 bits per heavy atom. The average Bonchev–Trinajstić information content (AvgIpc) is 2.83. The molecule has 0 saturated carbocycles. The topological polar surface area (TPSA) is 48.1 Å². The Kier molecular flexibility index (Phi) is 2.93. The minimum atomic E-state index is 0.0746. The summed E-state index contributed by atoms with van der Waals surface area (Å²) >= 11 is 1.84. The molecular formula is C13H14N2OS. The van der Waals surface area contributed by atoms with E-state index in [0.717, 1.165) is 13.0 Å². The van der Waals surface area contributed by atoms with Crippen LogP contribution in [0.5, 0.6) is 0 Å². The number of hydrogen-bond acceptors (Lipinski definition) is 4. The summed E-state index contributed by atoms with van der Waals surface area (Å²) in [5.74, 6) is 0. The maximum absolute atomic E-state index is 5.74. The van der Waals surface area contributed by atoms with Crippen molar-refractivity contribution in [3.05, 3.63) is 41.0 Å². The van der Waals surface area contributed by atoms with Crippen LogP contribution >= 0.6 is 11.3 Å². The second-order valence-corrected chi connectivity index (χ2v) is 5.21. The fourth-order valence-electron chi connectivity index (χ4n) is 2.15. The van der Waals surface area contributed by atoms with Gasteiger partial charge in [-0.15, -0.1) is 11.3 Å². The van der Waals surface area contributed by atoms with Crippen LogP contribution in [0.1, 0.15) is 16.5 Å². The molecule has 0 aliphatic carbocycles. The quantitative estimate of drug-likeness (QED) is 0.885. The van der Waals surface area contributed by atoms with E-state index in [9.17, 15) is 0 Å². The lowest BCUT2D eigenvalue weighted by Gasteiger charge is -2.21. The van der Waals surface area contributed by atoms with Crippen LogP contribution < -0.4 is 5.73 Å². The zero-order chi connectivity index (χ0) is 11.7. The van der Waals surface area contributed by atoms with Gasteiger partial charge < -0.3 is 10.5 Å². The Labute approximate surface area is 104 Å². The second kappa shape index (κ2) is 4.56. The molecular weight excluding hydrogens is 232 g/mol. The summed E-state index contributed by atoms with van der Waals surface area (Å²) in [6, 6.07) is 6.29. The van der Waals surface area contributed by atoms with E-state index in [2.05, 4.69) is 11.1 Å². The third-order valence-corrected chi connectivity index (χ3v) is 4.28. The summed E-state index contributed by atoms with van der Waals surface area (Å²) in [4.78, 5) is 6.74. The standard InChI is InChI=1S/C13H14N2OS/c14-8-11-10-7-13(9-1-4-15-5-2-9)17-12(10)3-6-16-11/h1-2,4-5,7,11H,3,6,8,14H2. The summed E-state index contributed by atoms with van der Waals surface area (Å²) in [5, 5.41) is 0. The van der Waals surface area contributed by atoms with Crippen LogP contribution in [0.2, 0.25) is 0 Å². The normalized spacial score (nSPS) is 19.0. The Balaban J connectivity index is 2.02. The maximum Gasteiger partial charge on any atom is 0.0958 e. The number of fused-ring (bicyclic) bond motifs is 1. The first-order valence-corrected chi connectivity index (χ1v) is 6.55. The molecule has 2 N–H and O–H groups in total. The van der Waals surface area contributed by atoms with Crippen molar-refractivity contribution < 1.29 is 4.74 Å². The first kappa shape index (κ1) is 10.9. The lowest BCUT2D eigenvalue weighted by molar-refractivity contribution is 0.0498. The molecule has 2 aromatic heterocycles. The Morgan fingerprint density at radius 3 is 3.00 bits per heavy atom. The number of hydrogen-bond donors (Lipinski definition) is 1. The minimum absolute atomic E-state index is 0.0746. The van der Waals surface area contributed by atoms with Crippen LogP contribution in [-0.2, 0) is 11.2 Å². The van der Waals surface area contributed by atoms with Gasteiger partial charge in [0.15, 0.2) is 0 Å². The number of nitrogens with zero attached hydrogens (tertiary/aromatic N) is 1. The van der Waals surface area contributed by atoms with Crippen LogP contribution in [0, 0.1) is 0 Å². The van der Waals surface area contributed by atoms with Gasteiger partial charge in [0, 0.05) is 35.1 Å². The van der Waals surface area contributed by atoms with Gasteiger partial charge in [-0.25, -0.2) is 0 Å². The molecule has 88 valence electrons. The largest absolute Gasteiger partial charge is 0.372 e. The number of pyridine rings is 1. The number of ether oxygens (including phenoxy) is 1. The molecule has 0 aromatic carbocycles. The highest BCUT2D eigenvalue weighted by Gasteiger charge is 2.22. The number of aromatic nitrogens is 1. The summed E-state index contributed by atoms with van der Waals surface area (Å²) in [7, 11) is 0. The molecule has 3 nitrogen and oxygen atoms in total. The van der Waals surface area contributed by atoms with Crippen LogP contribution in [-0.4, -0.2) is 18.1 Å². The molecule has 1 aliphatic heterocycles. The lowest BCUT2D eigenvalue weighted by atomic mass is 10.1. The van der Waals surface area contributed by atoms with Crippen molar-refractivity contribution in [3.63, 3.8) is 0 Å². The number of nitrogens with two attached hydrogens (primary N) is 1. The van der Waals surface area contributed by atoms with Gasteiger partial charge in [-0.05, 0) is 29.3 Å². The summed E-state index contributed by atoms with van der Waals surface area (Å²) in [6.45, 7) is 1.34. The number of rotatable bonds is 2. The molecule has 0 saturated heterocycles. The Hall–Kier alpha value is -1.23. The molecule has 1 aliphatic rings. The SMILES string of the molecule is NCC1OCCc2sc(-c3ccncc3)cc21. The van der Waals surface area contributed by atoms with E-state index in [1.54, 1.807) is 0 Å². The van der Waals surface area contributed by atoms with Gasteiger partial charge in [-0.2, -0.15) is 0 Å². The average molecular weight is 246 g/mol. The first-order chi connectivity index (χ1) is 8.38. The van der Waals surface area contributed by atoms with Crippen molar-refractivity contribution in [2.75, 3.05) is 13.2 Å². The van der Waals surface area contributed by atoms with Gasteiger partial charge in [0.1, 0.15) is 0 Å². The highest BCUT2D eigenvalue weighted by atomic mass is 32.1. The molecule has 0 radical (unpaired) electrons. The van der Waals surface area contributed by atoms with Gasteiger partial charge in [-0.1, -0.05) is 0 Å². The smallest absolute Gasteiger partial charge is 0.0958 e. The van der Waals surface area contributed by atoms with Gasteiger partial charge in [0.25, 0.3) is 0 Å². The van der Waals surface area contributed by atoms with E-state index < -0.39 is 0 Å². The summed E-state index contributed by atoms with van der Waals surface area (Å²) in [6.07, 6.45) is 4.72. The van der Waals surface area contributed by atoms with Crippen molar-refractivity contribution in [2.45, 2.75) is 12.5 Å². The van der Waals surface area contributed by atoms with E-state index in [-0.39, 0.29) is 6.10 Å². The Bertz CT molecular complexity index is 509. The van der Waals surface area contributed by atoms with Crippen molar-refractivity contribution >= 4 is 11.3 Å². The van der Waals surface area contributed by atoms with Crippen molar-refractivity contribution in [1.82, 2.24) is 4.98 Å². The van der Waals surface area contributed by atoms with Gasteiger partial charge in [0.2, 0.25) is 0 Å². The molecule has 0 amide bonds. The third-order valence-electron chi connectivity index (χ3n) is 3.02. The van der Waals surface area contributed by atoms with Gasteiger partial charge in [0.05, 0.1) is 12.7 Å². The van der Waals surface area contributed by atoms with Crippen LogP contribution in [0.25, 0.3) is 10.4 Å². The van der Waals surface area contributed by atoms with Crippen molar-refractivity contribution in [1.29, 1.82) is 0 Å². The van der Waals surface area contributed by atoms with Crippen LogP contribution in [0.4, 0.5) is 0 Å². The fraction of sp³-hybridized carbons (Fsp3) is 0.308. The second-order valence-electron chi connectivity index (χ2n) is 4.07. The van der Waals surface area contributed by atoms with Crippen molar-refractivity contribution in [3.8, 4) is 10.4 Å². The monoisotopic (exact) mass is 246 g/mol. The third kappa shape index (κ3) is 1.99. The van der Waals surface area contributed by atoms with E-state index >= 15 is 0 Å². The predicted molar refractivity (Wildman–Crippen MR) is 69.0 cm³/mol. The molecule has 3 heterocycles. The molecule has 4 heteroatoms. The zero-order valence-electron chi connectivity index (χ0n) is 9.43. The predicted octanol–water partition coefficient (Wildman–Crippen LogP) is 2.38. The Morgan fingerprint density at radius 2 is 2.24 bits per heavy atom. The molecule has 1 atom stereocenters. The summed E-state index contributed by atoms with van der Waals surface area (Å²) in [5.41, 5.74) is 8.23. The summed E-state index contributed by atoms with van der Waals surface area (Å²) < 4.78 is 5.67. The van der Waals surface area contributed by atoms with Crippen LogP contribution in [0.15, 0.2) is 30.6 Å². The molecule has 0 fully saturated rings. The maximum atomic E-state index is 5.74. The molecule has 0 spiro atoms. The lowest BCUT2D eigenvalue weighted by Crippen LogP contribution is -2.21. The molecule has 3 rings (SSSR count). The zero-order valence-corrected chi connectivity index (χ0v) is 10.2. The van der Waals surface area contributed by atoms with E-state index in [4.69, 9.17) is 10.5 Å². The van der Waals surface area contributed by atoms with Gasteiger partial charge in [-0.3, -0.25) is 4.98 Å². The van der Waals surface area contributed by atoms with E-state index in [0.29, 0.717) is 6.54 Å².